The summed E-state index contributed by atoms with van der Waals surface area (Å²) in [5, 5.41) is 0. The van der Waals surface area contributed by atoms with Gasteiger partial charge in [0, 0.05) is 19.6 Å². The highest BCUT2D eigenvalue weighted by atomic mass is 19.1. The average molecular weight is 459 g/mol. The lowest BCUT2D eigenvalue weighted by atomic mass is 10.00. The molecule has 34 heavy (non-hydrogen) atoms. The predicted molar refractivity (Wildman–Crippen MR) is 132 cm³/mol. The van der Waals surface area contributed by atoms with Crippen molar-refractivity contribution < 1.29 is 13.9 Å². The molecule has 0 aliphatic carbocycles. The van der Waals surface area contributed by atoms with E-state index in [1.165, 1.54) is 17.2 Å². The number of rotatable bonds is 8. The van der Waals surface area contributed by atoms with Crippen molar-refractivity contribution in [1.29, 1.82) is 0 Å². The first-order valence-corrected chi connectivity index (χ1v) is 12.2. The molecule has 3 aromatic carbocycles. The van der Waals surface area contributed by atoms with Crippen LogP contribution in [-0.2, 0) is 16.0 Å². The SMILES string of the molecule is O=C1Cc2cccc(F)c2N1CCCN1CCC(OC(c2ccccc2)c2ccccc2)CC1. The summed E-state index contributed by atoms with van der Waals surface area (Å²) in [7, 11) is 0. The van der Waals surface area contributed by atoms with Crippen LogP contribution in [0.2, 0.25) is 0 Å². The van der Waals surface area contributed by atoms with Gasteiger partial charge in [0.2, 0.25) is 5.91 Å². The number of para-hydroxylation sites is 1. The van der Waals surface area contributed by atoms with Gasteiger partial charge in [-0.2, -0.15) is 0 Å². The highest BCUT2D eigenvalue weighted by molar-refractivity contribution is 6.01. The largest absolute Gasteiger partial charge is 0.365 e. The quantitative estimate of drug-likeness (QED) is 0.455. The molecule has 0 saturated carbocycles. The van der Waals surface area contributed by atoms with E-state index >= 15 is 0 Å². The van der Waals surface area contributed by atoms with E-state index in [1.54, 1.807) is 11.0 Å². The Bertz CT molecular complexity index is 1060. The second-order valence-electron chi connectivity index (χ2n) is 9.20. The molecule has 0 unspecified atom stereocenters. The molecular formula is C29H31FN2O2. The molecule has 1 saturated heterocycles. The van der Waals surface area contributed by atoms with Gasteiger partial charge in [-0.15, -0.1) is 0 Å². The maximum Gasteiger partial charge on any atom is 0.231 e. The van der Waals surface area contributed by atoms with E-state index in [-0.39, 0.29) is 23.9 Å². The zero-order valence-electron chi connectivity index (χ0n) is 19.4. The number of hydrogen-bond donors (Lipinski definition) is 0. The number of carbonyl (C=O) groups excluding carboxylic acids is 1. The second kappa shape index (κ2) is 10.5. The van der Waals surface area contributed by atoms with Crippen LogP contribution in [0.5, 0.6) is 0 Å². The molecule has 4 nitrogen and oxygen atoms in total. The van der Waals surface area contributed by atoms with Gasteiger partial charge >= 0.3 is 0 Å². The van der Waals surface area contributed by atoms with E-state index in [2.05, 4.69) is 53.4 Å². The minimum absolute atomic E-state index is 0.0000685. The lowest BCUT2D eigenvalue weighted by Crippen LogP contribution is -2.39. The molecule has 2 aliphatic rings. The lowest BCUT2D eigenvalue weighted by Gasteiger charge is -2.34. The molecule has 1 amide bonds. The number of nitrogens with zero attached hydrogens (tertiary/aromatic N) is 2. The van der Waals surface area contributed by atoms with Crippen LogP contribution < -0.4 is 4.90 Å². The zero-order chi connectivity index (χ0) is 23.3. The summed E-state index contributed by atoms with van der Waals surface area (Å²) in [5.41, 5.74) is 3.64. The maximum absolute atomic E-state index is 14.3. The number of hydrogen-bond acceptors (Lipinski definition) is 3. The molecule has 0 bridgehead atoms. The summed E-state index contributed by atoms with van der Waals surface area (Å²) < 4.78 is 20.9. The number of ether oxygens (including phenoxy) is 1. The molecule has 2 heterocycles. The van der Waals surface area contributed by atoms with E-state index < -0.39 is 0 Å². The third kappa shape index (κ3) is 5.06. The minimum Gasteiger partial charge on any atom is -0.365 e. The van der Waals surface area contributed by atoms with Gasteiger partial charge in [-0.3, -0.25) is 4.79 Å². The Morgan fingerprint density at radius 2 is 1.50 bits per heavy atom. The van der Waals surface area contributed by atoms with Gasteiger partial charge in [0.05, 0.1) is 18.2 Å². The van der Waals surface area contributed by atoms with Crippen molar-refractivity contribution in [3.63, 3.8) is 0 Å². The van der Waals surface area contributed by atoms with Crippen molar-refractivity contribution in [2.24, 2.45) is 0 Å². The first-order valence-electron chi connectivity index (χ1n) is 12.2. The van der Waals surface area contributed by atoms with Crippen molar-refractivity contribution in [2.45, 2.75) is 37.9 Å². The summed E-state index contributed by atoms with van der Waals surface area (Å²) in [5.74, 6) is -0.298. The summed E-state index contributed by atoms with van der Waals surface area (Å²) in [4.78, 5) is 16.4. The summed E-state index contributed by atoms with van der Waals surface area (Å²) in [6, 6.07) is 25.8. The molecule has 176 valence electrons. The predicted octanol–water partition coefficient (Wildman–Crippen LogP) is 5.38. The number of benzene rings is 3. The molecule has 0 N–H and O–H groups in total. The van der Waals surface area contributed by atoms with Crippen molar-refractivity contribution in [3.8, 4) is 0 Å². The number of likely N-dealkylation sites (tertiary alicyclic amines) is 1. The fourth-order valence-electron chi connectivity index (χ4n) is 5.14. The van der Waals surface area contributed by atoms with Gasteiger partial charge in [0.15, 0.2) is 0 Å². The van der Waals surface area contributed by atoms with Gasteiger partial charge < -0.3 is 14.5 Å². The molecule has 1 fully saturated rings. The summed E-state index contributed by atoms with van der Waals surface area (Å²) >= 11 is 0. The minimum atomic E-state index is -0.298. The van der Waals surface area contributed by atoms with E-state index in [0.717, 1.165) is 44.5 Å². The van der Waals surface area contributed by atoms with Crippen LogP contribution in [0.4, 0.5) is 10.1 Å². The van der Waals surface area contributed by atoms with E-state index in [4.69, 9.17) is 4.74 Å². The third-order valence-electron chi connectivity index (χ3n) is 6.91. The molecule has 5 heteroatoms. The van der Waals surface area contributed by atoms with Gasteiger partial charge in [-0.05, 0) is 48.6 Å². The average Bonchev–Trinajstić information content (AvgIpc) is 3.20. The van der Waals surface area contributed by atoms with Crippen molar-refractivity contribution in [1.82, 2.24) is 4.90 Å². The number of carbonyl (C=O) groups is 1. The number of amides is 1. The Kier molecular flexibility index (Phi) is 7.02. The molecule has 0 spiro atoms. The van der Waals surface area contributed by atoms with Crippen LogP contribution >= 0.6 is 0 Å². The molecular weight excluding hydrogens is 427 g/mol. The normalized spacial score (nSPS) is 16.9. The number of halogens is 1. The Labute approximate surface area is 201 Å². The van der Waals surface area contributed by atoms with Crippen LogP contribution in [0.1, 0.15) is 42.1 Å². The number of fused-ring (bicyclic) bond motifs is 1. The Morgan fingerprint density at radius 3 is 2.15 bits per heavy atom. The summed E-state index contributed by atoms with van der Waals surface area (Å²) in [6.45, 7) is 3.41. The Hall–Kier alpha value is -3.02. The molecule has 3 aromatic rings. The van der Waals surface area contributed by atoms with E-state index in [1.807, 2.05) is 18.2 Å². The highest BCUT2D eigenvalue weighted by Crippen LogP contribution is 2.32. The van der Waals surface area contributed by atoms with Gasteiger partial charge in [0.25, 0.3) is 0 Å². The van der Waals surface area contributed by atoms with Crippen LogP contribution in [-0.4, -0.2) is 43.1 Å². The van der Waals surface area contributed by atoms with Crippen LogP contribution in [0, 0.1) is 5.82 Å². The van der Waals surface area contributed by atoms with Gasteiger partial charge in [-0.1, -0.05) is 72.8 Å². The van der Waals surface area contributed by atoms with E-state index in [0.29, 0.717) is 18.7 Å². The summed E-state index contributed by atoms with van der Waals surface area (Å²) in [6.07, 6.45) is 3.26. The molecule has 0 atom stereocenters. The Balaban J connectivity index is 1.13. The van der Waals surface area contributed by atoms with Crippen molar-refractivity contribution in [3.05, 3.63) is 101 Å². The monoisotopic (exact) mass is 458 g/mol. The van der Waals surface area contributed by atoms with Gasteiger partial charge in [0.1, 0.15) is 11.9 Å². The first kappa shape index (κ1) is 22.8. The maximum atomic E-state index is 14.3. The second-order valence-corrected chi connectivity index (χ2v) is 9.20. The zero-order valence-corrected chi connectivity index (χ0v) is 19.4. The van der Waals surface area contributed by atoms with Crippen LogP contribution in [0.3, 0.4) is 0 Å². The number of piperidine rings is 1. The van der Waals surface area contributed by atoms with E-state index in [9.17, 15) is 9.18 Å². The van der Waals surface area contributed by atoms with Gasteiger partial charge in [-0.25, -0.2) is 4.39 Å². The Morgan fingerprint density at radius 1 is 0.853 bits per heavy atom. The third-order valence-corrected chi connectivity index (χ3v) is 6.91. The first-order chi connectivity index (χ1) is 16.7. The van der Waals surface area contributed by atoms with Crippen molar-refractivity contribution in [2.75, 3.05) is 31.1 Å². The van der Waals surface area contributed by atoms with Crippen LogP contribution in [0.15, 0.2) is 78.9 Å². The fourth-order valence-corrected chi connectivity index (χ4v) is 5.14. The smallest absolute Gasteiger partial charge is 0.231 e. The lowest BCUT2D eigenvalue weighted by molar-refractivity contribution is -0.117. The molecule has 0 radical (unpaired) electrons. The topological polar surface area (TPSA) is 32.8 Å². The van der Waals surface area contributed by atoms with Crippen molar-refractivity contribution >= 4 is 11.6 Å². The fraction of sp³-hybridized carbons (Fsp3) is 0.345. The molecule has 5 rings (SSSR count). The highest BCUT2D eigenvalue weighted by Gasteiger charge is 2.30. The molecule has 0 aromatic heterocycles. The standard InChI is InChI=1S/C29H31FN2O2/c30-26-14-7-13-24-21-27(33)32(28(24)26)18-8-17-31-19-15-25(16-20-31)34-29(22-9-3-1-4-10-22)23-11-5-2-6-12-23/h1-7,9-14,25,29H,8,15-21H2. The number of anilines is 1. The van der Waals surface area contributed by atoms with Crippen LogP contribution in [0.25, 0.3) is 0 Å². The molecule has 2 aliphatic heterocycles.